The lowest BCUT2D eigenvalue weighted by Crippen LogP contribution is -2.10. The lowest BCUT2D eigenvalue weighted by molar-refractivity contribution is -0.145. The zero-order chi connectivity index (χ0) is 15.9. The van der Waals surface area contributed by atoms with Gasteiger partial charge in [-0.1, -0.05) is 12.1 Å². The Morgan fingerprint density at radius 2 is 1.64 bits per heavy atom. The van der Waals surface area contributed by atoms with Gasteiger partial charge in [0.2, 0.25) is 5.82 Å². The summed E-state index contributed by atoms with van der Waals surface area (Å²) in [7, 11) is 0. The number of fused-ring (bicyclic) bond motifs is 1. The van der Waals surface area contributed by atoms with E-state index in [0.29, 0.717) is 11.1 Å². The molecule has 0 aliphatic carbocycles. The number of pyridine rings is 1. The van der Waals surface area contributed by atoms with Crippen molar-refractivity contribution in [2.24, 2.45) is 0 Å². The first-order chi connectivity index (χ1) is 10.4. The highest BCUT2D eigenvalue weighted by Crippen LogP contribution is 2.29. The molecule has 0 spiro atoms. The second-order valence-electron chi connectivity index (χ2n) is 4.55. The van der Waals surface area contributed by atoms with Crippen LogP contribution in [0.4, 0.5) is 13.2 Å². The van der Waals surface area contributed by atoms with E-state index in [2.05, 4.69) is 10.2 Å². The Morgan fingerprint density at radius 1 is 1.00 bits per heavy atom. The summed E-state index contributed by atoms with van der Waals surface area (Å²) < 4.78 is 39.4. The van der Waals surface area contributed by atoms with Crippen LogP contribution in [0.25, 0.3) is 16.8 Å². The Hall–Kier alpha value is -2.90. The minimum absolute atomic E-state index is 0.0817. The normalized spacial score (nSPS) is 11.8. The van der Waals surface area contributed by atoms with Crippen molar-refractivity contribution in [3.8, 4) is 11.1 Å². The predicted octanol–water partition coefficient (Wildman–Crippen LogP) is 3.11. The monoisotopic (exact) mass is 307 g/mol. The third-order valence-corrected chi connectivity index (χ3v) is 3.12. The minimum Gasteiger partial charge on any atom is -0.478 e. The van der Waals surface area contributed by atoms with Gasteiger partial charge in [-0.05, 0) is 35.4 Å². The highest BCUT2D eigenvalue weighted by molar-refractivity contribution is 5.88. The lowest BCUT2D eigenvalue weighted by atomic mass is 10.1. The van der Waals surface area contributed by atoms with Crippen molar-refractivity contribution in [2.45, 2.75) is 6.18 Å². The van der Waals surface area contributed by atoms with Crippen LogP contribution in [0.2, 0.25) is 0 Å². The molecule has 3 aromatic rings. The van der Waals surface area contributed by atoms with Gasteiger partial charge in [0.25, 0.3) is 0 Å². The first-order valence-electron chi connectivity index (χ1n) is 6.12. The van der Waals surface area contributed by atoms with Gasteiger partial charge < -0.3 is 5.11 Å². The van der Waals surface area contributed by atoms with E-state index in [9.17, 15) is 18.0 Å². The van der Waals surface area contributed by atoms with E-state index >= 15 is 0 Å². The van der Waals surface area contributed by atoms with Crippen molar-refractivity contribution in [2.75, 3.05) is 0 Å². The Kier molecular flexibility index (Phi) is 3.09. The molecule has 5 nitrogen and oxygen atoms in total. The number of carboxylic acids is 1. The van der Waals surface area contributed by atoms with Crippen LogP contribution in [0.3, 0.4) is 0 Å². The maximum absolute atomic E-state index is 12.8. The molecule has 0 unspecified atom stereocenters. The Balaban J connectivity index is 2.09. The van der Waals surface area contributed by atoms with Gasteiger partial charge in [0.15, 0.2) is 5.65 Å². The smallest absolute Gasteiger partial charge is 0.452 e. The van der Waals surface area contributed by atoms with Crippen molar-refractivity contribution < 1.29 is 23.1 Å². The third kappa shape index (κ3) is 2.39. The number of benzene rings is 1. The largest absolute Gasteiger partial charge is 0.478 e. The molecule has 112 valence electrons. The molecule has 1 aromatic carbocycles. The molecule has 0 saturated heterocycles. The molecule has 8 heteroatoms. The topological polar surface area (TPSA) is 67.5 Å². The highest BCUT2D eigenvalue weighted by atomic mass is 19.4. The standard InChI is InChI=1S/C14H8F3N3O2/c15-14(16,17)13-19-18-11-6-5-10(7-20(11)13)8-1-3-9(4-2-8)12(21)22/h1-7H,(H,21,22). The van der Waals surface area contributed by atoms with Crippen LogP contribution in [0, 0.1) is 0 Å². The van der Waals surface area contributed by atoms with Crippen LogP contribution in [0.1, 0.15) is 16.2 Å². The number of alkyl halides is 3. The summed E-state index contributed by atoms with van der Waals surface area (Å²) in [5.41, 5.74) is 1.27. The Bertz CT molecular complexity index is 854. The number of aromatic nitrogens is 3. The van der Waals surface area contributed by atoms with Gasteiger partial charge in [-0.2, -0.15) is 13.2 Å². The van der Waals surface area contributed by atoms with E-state index in [1.165, 1.54) is 36.5 Å². The number of aromatic carboxylic acids is 1. The van der Waals surface area contributed by atoms with Gasteiger partial charge in [-0.3, -0.25) is 4.40 Å². The van der Waals surface area contributed by atoms with Gasteiger partial charge >= 0.3 is 12.1 Å². The van der Waals surface area contributed by atoms with Crippen molar-refractivity contribution in [1.29, 1.82) is 0 Å². The SMILES string of the molecule is O=C(O)c1ccc(-c2ccc3nnc(C(F)(F)F)n3c2)cc1. The maximum atomic E-state index is 12.8. The van der Waals surface area contributed by atoms with Gasteiger partial charge in [-0.15, -0.1) is 10.2 Å². The van der Waals surface area contributed by atoms with Crippen LogP contribution in [0.5, 0.6) is 0 Å². The molecule has 0 aliphatic heterocycles. The number of hydrogen-bond donors (Lipinski definition) is 1. The lowest BCUT2D eigenvalue weighted by Gasteiger charge is -2.06. The van der Waals surface area contributed by atoms with Gasteiger partial charge in [0.1, 0.15) is 0 Å². The molecular formula is C14H8F3N3O2. The molecule has 0 saturated carbocycles. The summed E-state index contributed by atoms with van der Waals surface area (Å²) in [5, 5.41) is 15.5. The Morgan fingerprint density at radius 3 is 2.23 bits per heavy atom. The van der Waals surface area contributed by atoms with E-state index in [-0.39, 0.29) is 11.2 Å². The zero-order valence-electron chi connectivity index (χ0n) is 10.9. The number of rotatable bonds is 2. The van der Waals surface area contributed by atoms with Crippen LogP contribution >= 0.6 is 0 Å². The first kappa shape index (κ1) is 14.1. The summed E-state index contributed by atoms with van der Waals surface area (Å²) >= 11 is 0. The van der Waals surface area contributed by atoms with E-state index in [1.807, 2.05) is 0 Å². The highest BCUT2D eigenvalue weighted by Gasteiger charge is 2.36. The van der Waals surface area contributed by atoms with Crippen LogP contribution in [0.15, 0.2) is 42.6 Å². The van der Waals surface area contributed by atoms with Crippen LogP contribution in [-0.4, -0.2) is 25.7 Å². The summed E-state index contributed by atoms with van der Waals surface area (Å²) in [6, 6.07) is 8.85. The summed E-state index contributed by atoms with van der Waals surface area (Å²) in [5.74, 6) is -2.17. The fourth-order valence-corrected chi connectivity index (χ4v) is 2.06. The molecule has 2 heterocycles. The van der Waals surface area contributed by atoms with Gasteiger partial charge in [-0.25, -0.2) is 4.79 Å². The molecular weight excluding hydrogens is 299 g/mol. The quantitative estimate of drug-likeness (QED) is 0.790. The second-order valence-corrected chi connectivity index (χ2v) is 4.55. The van der Waals surface area contributed by atoms with E-state index < -0.39 is 18.0 Å². The molecule has 2 aromatic heterocycles. The fraction of sp³-hybridized carbons (Fsp3) is 0.0714. The summed E-state index contributed by atoms with van der Waals surface area (Å²) in [6.45, 7) is 0. The predicted molar refractivity (Wildman–Crippen MR) is 70.4 cm³/mol. The number of carbonyl (C=O) groups is 1. The molecule has 0 radical (unpaired) electrons. The molecule has 0 bridgehead atoms. The molecule has 1 N–H and O–H groups in total. The molecule has 0 amide bonds. The van der Waals surface area contributed by atoms with Crippen molar-refractivity contribution >= 4 is 11.6 Å². The second kappa shape index (κ2) is 4.83. The maximum Gasteiger partial charge on any atom is 0.452 e. The van der Waals surface area contributed by atoms with Gasteiger partial charge in [0.05, 0.1) is 5.56 Å². The van der Waals surface area contributed by atoms with E-state index in [0.717, 1.165) is 4.40 Å². The number of hydrogen-bond acceptors (Lipinski definition) is 3. The molecule has 3 rings (SSSR count). The van der Waals surface area contributed by atoms with Crippen molar-refractivity contribution in [3.63, 3.8) is 0 Å². The van der Waals surface area contributed by atoms with Crippen molar-refractivity contribution in [3.05, 3.63) is 54.0 Å². The number of halogens is 3. The average molecular weight is 307 g/mol. The summed E-state index contributed by atoms with van der Waals surface area (Å²) in [6.07, 6.45) is -3.33. The molecule has 0 fully saturated rings. The van der Waals surface area contributed by atoms with Crippen molar-refractivity contribution in [1.82, 2.24) is 14.6 Å². The molecule has 0 aliphatic rings. The number of nitrogens with zero attached hydrogens (tertiary/aromatic N) is 3. The van der Waals surface area contributed by atoms with Crippen LogP contribution < -0.4 is 0 Å². The van der Waals surface area contributed by atoms with E-state index in [1.54, 1.807) is 6.07 Å². The number of carboxylic acid groups (broad SMARTS) is 1. The minimum atomic E-state index is -4.61. The zero-order valence-corrected chi connectivity index (χ0v) is 10.9. The molecule has 22 heavy (non-hydrogen) atoms. The average Bonchev–Trinajstić information content (AvgIpc) is 2.90. The Labute approximate surface area is 121 Å². The summed E-state index contributed by atoms with van der Waals surface area (Å²) in [4.78, 5) is 10.8. The first-order valence-corrected chi connectivity index (χ1v) is 6.12. The third-order valence-electron chi connectivity index (χ3n) is 3.12. The molecule has 0 atom stereocenters. The van der Waals surface area contributed by atoms with E-state index in [4.69, 9.17) is 5.11 Å². The van der Waals surface area contributed by atoms with Gasteiger partial charge in [0, 0.05) is 6.20 Å². The fourth-order valence-electron chi connectivity index (χ4n) is 2.06. The van der Waals surface area contributed by atoms with Crippen LogP contribution in [-0.2, 0) is 6.18 Å².